The van der Waals surface area contributed by atoms with Crippen LogP contribution in [0, 0.1) is 23.7 Å². The molecule has 0 aromatic heterocycles. The van der Waals surface area contributed by atoms with E-state index in [1.807, 2.05) is 6.07 Å². The monoisotopic (exact) mass is 340 g/mol. The number of amides is 3. The predicted molar refractivity (Wildman–Crippen MR) is 90.7 cm³/mol. The van der Waals surface area contributed by atoms with Gasteiger partial charge in [-0.05, 0) is 30.4 Å². The molecule has 6 nitrogen and oxygen atoms in total. The van der Waals surface area contributed by atoms with Crippen LogP contribution >= 0.6 is 0 Å². The van der Waals surface area contributed by atoms with Gasteiger partial charge in [0.1, 0.15) is 5.75 Å². The van der Waals surface area contributed by atoms with Crippen molar-refractivity contribution in [1.82, 2.24) is 4.90 Å². The molecule has 2 aliphatic carbocycles. The van der Waals surface area contributed by atoms with Crippen LogP contribution in [0.2, 0.25) is 0 Å². The van der Waals surface area contributed by atoms with Crippen LogP contribution in [0.15, 0.2) is 36.4 Å². The highest BCUT2D eigenvalue weighted by Crippen LogP contribution is 2.52. The first kappa shape index (κ1) is 15.9. The Morgan fingerprint density at radius 3 is 2.44 bits per heavy atom. The first-order valence-corrected chi connectivity index (χ1v) is 8.56. The van der Waals surface area contributed by atoms with Crippen molar-refractivity contribution in [3.05, 3.63) is 36.4 Å². The Labute approximate surface area is 145 Å². The van der Waals surface area contributed by atoms with E-state index in [1.165, 1.54) is 12.0 Å². The number of nitrogens with zero attached hydrogens (tertiary/aromatic N) is 1. The number of nitrogens with one attached hydrogen (secondary N) is 1. The van der Waals surface area contributed by atoms with Crippen molar-refractivity contribution in [2.75, 3.05) is 19.0 Å². The number of rotatable bonds is 5. The topological polar surface area (TPSA) is 75.7 Å². The summed E-state index contributed by atoms with van der Waals surface area (Å²) in [4.78, 5) is 38.6. The maximum atomic E-state index is 12.6. The summed E-state index contributed by atoms with van der Waals surface area (Å²) in [5, 5.41) is 2.77. The average Bonchev–Trinajstić information content (AvgIpc) is 3.28. The lowest BCUT2D eigenvalue weighted by atomic mass is 9.85. The number of anilines is 1. The number of para-hydroxylation sites is 2. The molecular weight excluding hydrogens is 320 g/mol. The number of likely N-dealkylation sites (tertiary alicyclic amines) is 1. The zero-order valence-electron chi connectivity index (χ0n) is 14.0. The van der Waals surface area contributed by atoms with Gasteiger partial charge >= 0.3 is 0 Å². The van der Waals surface area contributed by atoms with Gasteiger partial charge in [-0.25, -0.2) is 0 Å². The maximum Gasteiger partial charge on any atom is 0.233 e. The van der Waals surface area contributed by atoms with Gasteiger partial charge in [-0.2, -0.15) is 0 Å². The molecule has 3 aliphatic rings. The van der Waals surface area contributed by atoms with Crippen LogP contribution in [0.25, 0.3) is 0 Å². The molecule has 1 heterocycles. The number of ether oxygens (including phenoxy) is 1. The molecule has 25 heavy (non-hydrogen) atoms. The van der Waals surface area contributed by atoms with Gasteiger partial charge in [-0.1, -0.05) is 24.3 Å². The third-order valence-electron chi connectivity index (χ3n) is 5.51. The van der Waals surface area contributed by atoms with Crippen molar-refractivity contribution >= 4 is 23.4 Å². The van der Waals surface area contributed by atoms with Gasteiger partial charge in [0.15, 0.2) is 0 Å². The van der Waals surface area contributed by atoms with Crippen molar-refractivity contribution < 1.29 is 19.1 Å². The smallest absolute Gasteiger partial charge is 0.233 e. The quantitative estimate of drug-likeness (QED) is 0.655. The van der Waals surface area contributed by atoms with Crippen LogP contribution < -0.4 is 10.1 Å². The maximum absolute atomic E-state index is 12.6. The molecule has 4 rings (SSSR count). The SMILES string of the molecule is COc1ccccc1NC(=O)CCN1C(=O)[C@@H]2[C@H](C1=O)[C@@H]1C=C[C@H]2C1. The van der Waals surface area contributed by atoms with Crippen molar-refractivity contribution in [2.24, 2.45) is 23.7 Å². The highest BCUT2D eigenvalue weighted by Gasteiger charge is 2.58. The second-order valence-electron chi connectivity index (χ2n) is 6.83. The van der Waals surface area contributed by atoms with E-state index >= 15 is 0 Å². The fourth-order valence-electron chi connectivity index (χ4n) is 4.36. The van der Waals surface area contributed by atoms with E-state index in [9.17, 15) is 14.4 Å². The van der Waals surface area contributed by atoms with E-state index in [-0.39, 0.29) is 54.4 Å². The van der Waals surface area contributed by atoms with Crippen molar-refractivity contribution in [2.45, 2.75) is 12.8 Å². The lowest BCUT2D eigenvalue weighted by molar-refractivity contribution is -0.140. The molecule has 1 saturated heterocycles. The number of carbonyl (C=O) groups excluding carboxylic acids is 3. The van der Waals surface area contributed by atoms with Crippen molar-refractivity contribution in [1.29, 1.82) is 0 Å². The summed E-state index contributed by atoms with van der Waals surface area (Å²) in [6.07, 6.45) is 5.12. The molecule has 1 aromatic carbocycles. The van der Waals surface area contributed by atoms with Gasteiger partial charge < -0.3 is 10.1 Å². The fourth-order valence-corrected chi connectivity index (χ4v) is 4.36. The molecule has 6 heteroatoms. The molecule has 0 radical (unpaired) electrons. The highest BCUT2D eigenvalue weighted by atomic mass is 16.5. The Kier molecular flexibility index (Phi) is 3.82. The van der Waals surface area contributed by atoms with Crippen LogP contribution in [-0.2, 0) is 14.4 Å². The molecule has 0 spiro atoms. The number of methoxy groups -OCH3 is 1. The van der Waals surface area contributed by atoms with Gasteiger partial charge in [-0.3, -0.25) is 19.3 Å². The normalized spacial score (nSPS) is 29.2. The summed E-state index contributed by atoms with van der Waals surface area (Å²) in [5.41, 5.74) is 0.577. The number of fused-ring (bicyclic) bond motifs is 5. The lowest BCUT2D eigenvalue weighted by Crippen LogP contribution is -2.35. The van der Waals surface area contributed by atoms with E-state index in [2.05, 4.69) is 17.5 Å². The number of carbonyl (C=O) groups is 3. The second kappa shape index (κ2) is 6.02. The molecule has 130 valence electrons. The predicted octanol–water partition coefficient (Wildman–Crippen LogP) is 1.83. The first-order chi connectivity index (χ1) is 12.1. The minimum absolute atomic E-state index is 0.0811. The van der Waals surface area contributed by atoms with Crippen molar-refractivity contribution in [3.63, 3.8) is 0 Å². The van der Waals surface area contributed by atoms with Gasteiger partial charge in [0.2, 0.25) is 17.7 Å². The lowest BCUT2D eigenvalue weighted by Gasteiger charge is -2.17. The van der Waals surface area contributed by atoms with Crippen LogP contribution in [0.4, 0.5) is 5.69 Å². The van der Waals surface area contributed by atoms with Gasteiger partial charge in [0.05, 0.1) is 24.6 Å². The molecule has 2 fully saturated rings. The zero-order valence-corrected chi connectivity index (χ0v) is 14.0. The Hall–Kier alpha value is -2.63. The third-order valence-corrected chi connectivity index (χ3v) is 5.51. The van der Waals surface area contributed by atoms with Crippen LogP contribution in [0.1, 0.15) is 12.8 Å². The molecule has 1 saturated carbocycles. The summed E-state index contributed by atoms with van der Waals surface area (Å²) >= 11 is 0. The summed E-state index contributed by atoms with van der Waals surface area (Å²) in [5.74, 6) is 0.0655. The molecule has 1 N–H and O–H groups in total. The molecule has 0 unspecified atom stereocenters. The van der Waals surface area contributed by atoms with E-state index in [0.29, 0.717) is 11.4 Å². The number of hydrogen-bond donors (Lipinski definition) is 1. The highest BCUT2D eigenvalue weighted by molar-refractivity contribution is 6.06. The minimum atomic E-state index is -0.247. The summed E-state index contributed by atoms with van der Waals surface area (Å²) in [6, 6.07) is 7.12. The Morgan fingerprint density at radius 1 is 1.16 bits per heavy atom. The number of allylic oxidation sites excluding steroid dienone is 2. The Bertz CT molecular complexity index is 742. The second-order valence-corrected chi connectivity index (χ2v) is 6.83. The Morgan fingerprint density at radius 2 is 1.80 bits per heavy atom. The summed E-state index contributed by atoms with van der Waals surface area (Å²) < 4.78 is 5.20. The molecule has 3 amide bonds. The molecule has 1 aliphatic heterocycles. The molecular formula is C19H20N2O4. The van der Waals surface area contributed by atoms with Crippen LogP contribution in [0.3, 0.4) is 0 Å². The third kappa shape index (κ3) is 2.52. The summed E-state index contributed by atoms with van der Waals surface area (Å²) in [6.45, 7) is 0.130. The summed E-state index contributed by atoms with van der Waals surface area (Å²) in [7, 11) is 1.54. The van der Waals surface area contributed by atoms with E-state index < -0.39 is 0 Å². The van der Waals surface area contributed by atoms with Gasteiger partial charge in [0, 0.05) is 13.0 Å². The average molecular weight is 340 g/mol. The fraction of sp³-hybridized carbons (Fsp3) is 0.421. The standard InChI is InChI=1S/C19H20N2O4/c1-25-14-5-3-2-4-13(14)20-15(22)8-9-21-18(23)16-11-6-7-12(10-11)17(16)19(21)24/h2-7,11-12,16-17H,8-10H2,1H3,(H,20,22)/t11-,12+,16-,17+. The molecule has 4 atom stereocenters. The van der Waals surface area contributed by atoms with E-state index in [0.717, 1.165) is 6.42 Å². The van der Waals surface area contributed by atoms with E-state index in [1.54, 1.807) is 18.2 Å². The number of benzene rings is 1. The molecule has 2 bridgehead atoms. The van der Waals surface area contributed by atoms with E-state index in [4.69, 9.17) is 4.74 Å². The zero-order chi connectivity index (χ0) is 17.6. The number of hydrogen-bond acceptors (Lipinski definition) is 4. The van der Waals surface area contributed by atoms with Crippen molar-refractivity contribution in [3.8, 4) is 5.75 Å². The van der Waals surface area contributed by atoms with Crippen LogP contribution in [0.5, 0.6) is 5.75 Å². The van der Waals surface area contributed by atoms with Gasteiger partial charge in [0.25, 0.3) is 0 Å². The Balaban J connectivity index is 1.38. The van der Waals surface area contributed by atoms with Crippen LogP contribution in [-0.4, -0.2) is 36.3 Å². The van der Waals surface area contributed by atoms with Gasteiger partial charge in [-0.15, -0.1) is 0 Å². The molecule has 1 aromatic rings. The minimum Gasteiger partial charge on any atom is -0.495 e. The largest absolute Gasteiger partial charge is 0.495 e. The number of imide groups is 1. The first-order valence-electron chi connectivity index (χ1n) is 8.56.